The van der Waals surface area contributed by atoms with E-state index in [9.17, 15) is 5.11 Å². The molecule has 3 rings (SSSR count). The number of fused-ring (bicyclic) bond motifs is 1. The van der Waals surface area contributed by atoms with Crippen molar-refractivity contribution in [2.45, 2.75) is 0 Å². The first-order chi connectivity index (χ1) is 8.81. The molecular weight excluding hydrogens is 226 g/mol. The number of aromatic amines is 1. The van der Waals surface area contributed by atoms with Crippen molar-refractivity contribution in [1.82, 2.24) is 9.97 Å². The van der Waals surface area contributed by atoms with Crippen LogP contribution in [0.4, 0.5) is 5.95 Å². The second kappa shape index (κ2) is 4.33. The fraction of sp³-hybridized carbons (Fsp3) is 0. The van der Waals surface area contributed by atoms with Gasteiger partial charge in [-0.05, 0) is 29.8 Å². The molecule has 0 radical (unpaired) electrons. The van der Waals surface area contributed by atoms with Gasteiger partial charge >= 0.3 is 0 Å². The number of rotatable bonds is 2. The Bertz CT molecular complexity index is 683. The number of phenols is 1. The van der Waals surface area contributed by atoms with E-state index in [-0.39, 0.29) is 5.75 Å². The van der Waals surface area contributed by atoms with E-state index < -0.39 is 0 Å². The summed E-state index contributed by atoms with van der Waals surface area (Å²) in [4.78, 5) is 11.7. The van der Waals surface area contributed by atoms with Crippen LogP contribution in [0.1, 0.15) is 5.56 Å². The van der Waals surface area contributed by atoms with Crippen molar-refractivity contribution in [2.75, 3.05) is 0 Å². The van der Waals surface area contributed by atoms with E-state index in [2.05, 4.69) is 15.0 Å². The largest absolute Gasteiger partial charge is 0.508 e. The van der Waals surface area contributed by atoms with Gasteiger partial charge in [-0.25, -0.2) is 9.98 Å². The van der Waals surface area contributed by atoms with Crippen LogP contribution in [-0.4, -0.2) is 21.3 Å². The fourth-order valence-corrected chi connectivity index (χ4v) is 1.74. The highest BCUT2D eigenvalue weighted by Crippen LogP contribution is 2.16. The highest BCUT2D eigenvalue weighted by atomic mass is 16.3. The fourth-order valence-electron chi connectivity index (χ4n) is 1.74. The molecule has 0 amide bonds. The highest BCUT2D eigenvalue weighted by molar-refractivity contribution is 5.83. The Labute approximate surface area is 104 Å². The second-order valence-corrected chi connectivity index (χ2v) is 3.93. The predicted molar refractivity (Wildman–Crippen MR) is 71.5 cm³/mol. The number of para-hydroxylation sites is 2. The molecule has 0 aliphatic carbocycles. The van der Waals surface area contributed by atoms with Gasteiger partial charge in [0.2, 0.25) is 5.95 Å². The minimum atomic E-state index is 0.226. The summed E-state index contributed by atoms with van der Waals surface area (Å²) < 4.78 is 0. The third-order valence-corrected chi connectivity index (χ3v) is 2.58. The van der Waals surface area contributed by atoms with Crippen molar-refractivity contribution < 1.29 is 5.11 Å². The first-order valence-corrected chi connectivity index (χ1v) is 5.59. The number of aromatic hydroxyl groups is 1. The van der Waals surface area contributed by atoms with Gasteiger partial charge in [-0.1, -0.05) is 24.3 Å². The third-order valence-electron chi connectivity index (χ3n) is 2.58. The molecule has 4 heteroatoms. The van der Waals surface area contributed by atoms with Gasteiger partial charge in [0.1, 0.15) is 5.75 Å². The Hall–Kier alpha value is -2.62. The molecule has 0 aliphatic rings. The van der Waals surface area contributed by atoms with Crippen molar-refractivity contribution in [2.24, 2.45) is 4.99 Å². The van der Waals surface area contributed by atoms with Crippen LogP contribution in [0.15, 0.2) is 53.5 Å². The van der Waals surface area contributed by atoms with Crippen molar-refractivity contribution in [3.63, 3.8) is 0 Å². The molecule has 0 bridgehead atoms. The van der Waals surface area contributed by atoms with Gasteiger partial charge in [-0.3, -0.25) is 0 Å². The molecule has 2 N–H and O–H groups in total. The Morgan fingerprint density at radius 1 is 1.11 bits per heavy atom. The summed E-state index contributed by atoms with van der Waals surface area (Å²) in [5, 5.41) is 9.34. The van der Waals surface area contributed by atoms with Gasteiger partial charge < -0.3 is 10.1 Å². The van der Waals surface area contributed by atoms with Crippen LogP contribution in [0.5, 0.6) is 5.75 Å². The molecule has 0 unspecified atom stereocenters. The predicted octanol–water partition coefficient (Wildman–Crippen LogP) is 3.02. The van der Waals surface area contributed by atoms with Crippen molar-refractivity contribution in [1.29, 1.82) is 0 Å². The first kappa shape index (κ1) is 10.5. The van der Waals surface area contributed by atoms with Crippen LogP contribution in [-0.2, 0) is 0 Å². The van der Waals surface area contributed by atoms with Crippen LogP contribution >= 0.6 is 0 Å². The maximum atomic E-state index is 9.34. The first-order valence-electron chi connectivity index (χ1n) is 5.59. The molecular formula is C14H11N3O. The van der Waals surface area contributed by atoms with E-state index in [0.717, 1.165) is 16.6 Å². The summed E-state index contributed by atoms with van der Waals surface area (Å²) in [5.41, 5.74) is 2.68. The number of phenolic OH excluding ortho intramolecular Hbond substituents is 1. The molecule has 0 fully saturated rings. The van der Waals surface area contributed by atoms with Crippen LogP contribution in [0.2, 0.25) is 0 Å². The van der Waals surface area contributed by atoms with E-state index in [0.29, 0.717) is 5.95 Å². The summed E-state index contributed by atoms with van der Waals surface area (Å²) in [5.74, 6) is 0.781. The lowest BCUT2D eigenvalue weighted by Gasteiger charge is -1.93. The Balaban J connectivity index is 1.92. The Morgan fingerprint density at radius 2 is 2.00 bits per heavy atom. The number of aromatic nitrogens is 2. The number of benzene rings is 2. The molecule has 0 aliphatic heterocycles. The van der Waals surface area contributed by atoms with Crippen LogP contribution in [0, 0.1) is 0 Å². The standard InChI is InChI=1S/C14H11N3O/c18-11-5-3-4-10(8-11)9-15-14-16-12-6-1-2-7-13(12)17-14/h1-9,18H,(H,16,17). The smallest absolute Gasteiger partial charge is 0.227 e. The summed E-state index contributed by atoms with van der Waals surface area (Å²) in [6, 6.07) is 14.7. The zero-order valence-electron chi connectivity index (χ0n) is 9.54. The van der Waals surface area contributed by atoms with E-state index in [1.54, 1.807) is 24.4 Å². The normalized spacial score (nSPS) is 11.3. The quantitative estimate of drug-likeness (QED) is 0.673. The Kier molecular flexibility index (Phi) is 2.53. The number of nitrogens with zero attached hydrogens (tertiary/aromatic N) is 2. The number of H-pyrrole nitrogens is 1. The second-order valence-electron chi connectivity index (χ2n) is 3.93. The lowest BCUT2D eigenvalue weighted by Crippen LogP contribution is -1.79. The summed E-state index contributed by atoms with van der Waals surface area (Å²) in [6.45, 7) is 0. The molecule has 4 nitrogen and oxygen atoms in total. The number of nitrogens with one attached hydrogen (secondary N) is 1. The molecule has 1 aromatic heterocycles. The van der Waals surface area contributed by atoms with Gasteiger partial charge in [-0.15, -0.1) is 0 Å². The van der Waals surface area contributed by atoms with E-state index >= 15 is 0 Å². The lowest BCUT2D eigenvalue weighted by molar-refractivity contribution is 0.475. The zero-order chi connectivity index (χ0) is 12.4. The number of imidazole rings is 1. The van der Waals surface area contributed by atoms with Crippen molar-refractivity contribution in [3.8, 4) is 5.75 Å². The van der Waals surface area contributed by atoms with Gasteiger partial charge in [-0.2, -0.15) is 0 Å². The van der Waals surface area contributed by atoms with Gasteiger partial charge in [0.05, 0.1) is 11.0 Å². The molecule has 18 heavy (non-hydrogen) atoms. The summed E-state index contributed by atoms with van der Waals surface area (Å²) in [7, 11) is 0. The van der Waals surface area contributed by atoms with E-state index in [1.807, 2.05) is 30.3 Å². The molecule has 0 saturated heterocycles. The molecule has 1 heterocycles. The third kappa shape index (κ3) is 2.08. The minimum absolute atomic E-state index is 0.226. The topological polar surface area (TPSA) is 61.3 Å². The maximum Gasteiger partial charge on any atom is 0.227 e. The lowest BCUT2D eigenvalue weighted by atomic mass is 10.2. The van der Waals surface area contributed by atoms with Gasteiger partial charge in [0.15, 0.2) is 0 Å². The molecule has 0 spiro atoms. The number of hydrogen-bond acceptors (Lipinski definition) is 3. The van der Waals surface area contributed by atoms with Gasteiger partial charge in [0, 0.05) is 6.21 Å². The van der Waals surface area contributed by atoms with Crippen LogP contribution in [0.3, 0.4) is 0 Å². The number of hydrogen-bond donors (Lipinski definition) is 2. The van der Waals surface area contributed by atoms with Crippen LogP contribution in [0.25, 0.3) is 11.0 Å². The molecule has 0 saturated carbocycles. The molecule has 2 aromatic carbocycles. The minimum Gasteiger partial charge on any atom is -0.508 e. The highest BCUT2D eigenvalue weighted by Gasteiger charge is 1.98. The van der Waals surface area contributed by atoms with Gasteiger partial charge in [0.25, 0.3) is 0 Å². The monoisotopic (exact) mass is 237 g/mol. The van der Waals surface area contributed by atoms with Crippen LogP contribution < -0.4 is 0 Å². The molecule has 88 valence electrons. The Morgan fingerprint density at radius 3 is 2.83 bits per heavy atom. The average Bonchev–Trinajstić information content (AvgIpc) is 2.79. The van der Waals surface area contributed by atoms with Crippen molar-refractivity contribution >= 4 is 23.2 Å². The number of aliphatic imine (C=N–C) groups is 1. The SMILES string of the molecule is Oc1cccc(C=Nc2nc3ccccc3[nH]2)c1. The maximum absolute atomic E-state index is 9.34. The zero-order valence-corrected chi connectivity index (χ0v) is 9.54. The molecule has 3 aromatic rings. The van der Waals surface area contributed by atoms with E-state index in [1.165, 1.54) is 0 Å². The molecule has 0 atom stereocenters. The summed E-state index contributed by atoms with van der Waals surface area (Å²) >= 11 is 0. The average molecular weight is 237 g/mol. The van der Waals surface area contributed by atoms with Crippen molar-refractivity contribution in [3.05, 3.63) is 54.1 Å². The summed E-state index contributed by atoms with van der Waals surface area (Å²) in [6.07, 6.45) is 1.66. The van der Waals surface area contributed by atoms with E-state index in [4.69, 9.17) is 0 Å².